The minimum Gasteiger partial charge on any atom is -0.480 e. The van der Waals surface area contributed by atoms with E-state index in [0.717, 1.165) is 0 Å². The van der Waals surface area contributed by atoms with E-state index in [-0.39, 0.29) is 31.7 Å². The molecule has 0 bridgehead atoms. The summed E-state index contributed by atoms with van der Waals surface area (Å²) in [5.41, 5.74) is 15.8. The lowest BCUT2D eigenvalue weighted by Crippen LogP contribution is -2.57. The minimum absolute atomic E-state index is 0.0206. The Hall–Kier alpha value is -3.22. The molecule has 1 heterocycles. The van der Waals surface area contributed by atoms with Crippen molar-refractivity contribution in [2.24, 2.45) is 23.1 Å². The number of carbonyl (C=O) groups is 6. The van der Waals surface area contributed by atoms with Crippen LogP contribution in [0, 0.1) is 5.92 Å². The van der Waals surface area contributed by atoms with Gasteiger partial charge in [-0.25, -0.2) is 4.79 Å². The number of hydrogen-bond acceptors (Lipinski definition) is 7. The Morgan fingerprint density at radius 2 is 1.61 bits per heavy atom. The molecule has 13 nitrogen and oxygen atoms in total. The third-order valence-corrected chi connectivity index (χ3v) is 5.21. The lowest BCUT2D eigenvalue weighted by Gasteiger charge is -2.29. The second-order valence-electron chi connectivity index (χ2n) is 8.56. The van der Waals surface area contributed by atoms with Crippen LogP contribution in [0.25, 0.3) is 0 Å². The summed E-state index contributed by atoms with van der Waals surface area (Å²) in [5, 5.41) is 14.3. The first kappa shape index (κ1) is 27.8. The van der Waals surface area contributed by atoms with Crippen LogP contribution in [0.3, 0.4) is 0 Å². The summed E-state index contributed by atoms with van der Waals surface area (Å²) in [6.07, 6.45) is 0.222. The maximum atomic E-state index is 13.1. The molecule has 1 aliphatic rings. The standard InChI is InChI=1S/C20H34N6O7/c1-10(2)8-13(19(31)26-7-3-4-14(26)20(32)33)25-18(30)12(5-6-15(22)27)24-17(29)11(21)9-16(23)28/h10-14H,3-9,21H2,1-2H3,(H2,22,27)(H2,23,28)(H,24,29)(H,25,30)(H,32,33). The predicted octanol–water partition coefficient (Wildman–Crippen LogP) is -2.45. The highest BCUT2D eigenvalue weighted by molar-refractivity contribution is 5.95. The Bertz CT molecular complexity index is 772. The third-order valence-electron chi connectivity index (χ3n) is 5.21. The van der Waals surface area contributed by atoms with Gasteiger partial charge in [0, 0.05) is 13.0 Å². The first-order valence-electron chi connectivity index (χ1n) is 10.8. The number of amides is 5. The van der Waals surface area contributed by atoms with Crippen LogP contribution >= 0.6 is 0 Å². The molecule has 4 atom stereocenters. The quantitative estimate of drug-likeness (QED) is 0.169. The number of carboxylic acid groups (broad SMARTS) is 1. The van der Waals surface area contributed by atoms with Gasteiger partial charge in [0.05, 0.1) is 12.5 Å². The molecule has 186 valence electrons. The van der Waals surface area contributed by atoms with Gasteiger partial charge in [0.2, 0.25) is 29.5 Å². The number of rotatable bonds is 13. The van der Waals surface area contributed by atoms with Crippen molar-refractivity contribution in [2.45, 2.75) is 76.5 Å². The zero-order valence-electron chi connectivity index (χ0n) is 18.9. The van der Waals surface area contributed by atoms with Gasteiger partial charge in [0.1, 0.15) is 18.1 Å². The summed E-state index contributed by atoms with van der Waals surface area (Å²) in [5.74, 6) is -4.79. The second-order valence-corrected chi connectivity index (χ2v) is 8.56. The van der Waals surface area contributed by atoms with Gasteiger partial charge < -0.3 is 37.8 Å². The SMILES string of the molecule is CC(C)CC(NC(=O)C(CCC(N)=O)NC(=O)C(N)CC(N)=O)C(=O)N1CCCC1C(=O)O. The fourth-order valence-corrected chi connectivity index (χ4v) is 3.60. The highest BCUT2D eigenvalue weighted by Crippen LogP contribution is 2.20. The van der Waals surface area contributed by atoms with Crippen molar-refractivity contribution in [2.75, 3.05) is 6.54 Å². The average Bonchev–Trinajstić information content (AvgIpc) is 3.18. The molecule has 0 spiro atoms. The molecule has 9 N–H and O–H groups in total. The molecular weight excluding hydrogens is 436 g/mol. The van der Waals surface area contributed by atoms with E-state index in [1.807, 2.05) is 13.8 Å². The van der Waals surface area contributed by atoms with Crippen LogP contribution in [0.2, 0.25) is 0 Å². The molecule has 33 heavy (non-hydrogen) atoms. The fraction of sp³-hybridized carbons (Fsp3) is 0.700. The topological polar surface area (TPSA) is 228 Å². The van der Waals surface area contributed by atoms with Crippen molar-refractivity contribution < 1.29 is 33.9 Å². The lowest BCUT2D eigenvalue weighted by molar-refractivity contribution is -0.149. The van der Waals surface area contributed by atoms with Crippen LogP contribution in [-0.4, -0.2) is 76.2 Å². The van der Waals surface area contributed by atoms with Gasteiger partial charge in [-0.3, -0.25) is 24.0 Å². The van der Waals surface area contributed by atoms with Gasteiger partial charge in [-0.15, -0.1) is 0 Å². The number of nitrogens with one attached hydrogen (secondary N) is 2. The molecule has 1 rings (SSSR count). The Balaban J connectivity index is 3.02. The maximum Gasteiger partial charge on any atom is 0.326 e. The second kappa shape index (κ2) is 12.7. The van der Waals surface area contributed by atoms with E-state index in [1.54, 1.807) is 0 Å². The Kier molecular flexibility index (Phi) is 10.7. The van der Waals surface area contributed by atoms with Gasteiger partial charge in [-0.05, 0) is 31.6 Å². The summed E-state index contributed by atoms with van der Waals surface area (Å²) in [4.78, 5) is 73.3. The highest BCUT2D eigenvalue weighted by Gasteiger charge is 2.38. The van der Waals surface area contributed by atoms with Crippen LogP contribution < -0.4 is 27.8 Å². The molecule has 5 amide bonds. The van der Waals surface area contributed by atoms with Crippen LogP contribution in [0.15, 0.2) is 0 Å². The largest absolute Gasteiger partial charge is 0.480 e. The summed E-state index contributed by atoms with van der Waals surface area (Å²) in [6.45, 7) is 3.92. The van der Waals surface area contributed by atoms with E-state index in [2.05, 4.69) is 10.6 Å². The molecule has 0 aliphatic carbocycles. The number of nitrogens with two attached hydrogens (primary N) is 3. The molecular formula is C20H34N6O7. The van der Waals surface area contributed by atoms with Crippen LogP contribution in [0.1, 0.15) is 52.4 Å². The molecule has 0 aromatic carbocycles. The normalized spacial score (nSPS) is 18.3. The maximum absolute atomic E-state index is 13.1. The molecule has 0 aromatic rings. The number of hydrogen-bond donors (Lipinski definition) is 6. The van der Waals surface area contributed by atoms with Crippen LogP contribution in [-0.2, 0) is 28.8 Å². The zero-order valence-corrected chi connectivity index (χ0v) is 18.9. The molecule has 1 aliphatic heterocycles. The molecule has 1 fully saturated rings. The first-order chi connectivity index (χ1) is 15.3. The number of aliphatic carboxylic acids is 1. The van der Waals surface area contributed by atoms with E-state index in [1.165, 1.54) is 4.90 Å². The summed E-state index contributed by atoms with van der Waals surface area (Å²) in [6, 6.07) is -4.58. The minimum atomic E-state index is -1.31. The van der Waals surface area contributed by atoms with E-state index in [9.17, 15) is 33.9 Å². The Morgan fingerprint density at radius 3 is 2.12 bits per heavy atom. The zero-order chi connectivity index (χ0) is 25.3. The summed E-state index contributed by atoms with van der Waals surface area (Å²) < 4.78 is 0. The van der Waals surface area contributed by atoms with E-state index in [0.29, 0.717) is 12.8 Å². The molecule has 4 unspecified atom stereocenters. The monoisotopic (exact) mass is 470 g/mol. The lowest BCUT2D eigenvalue weighted by atomic mass is 10.0. The predicted molar refractivity (Wildman–Crippen MR) is 116 cm³/mol. The van der Waals surface area contributed by atoms with Crippen molar-refractivity contribution in [1.29, 1.82) is 0 Å². The number of primary amides is 2. The number of likely N-dealkylation sites (tertiary alicyclic amines) is 1. The fourth-order valence-electron chi connectivity index (χ4n) is 3.60. The Labute approximate surface area is 191 Å². The molecule has 0 saturated carbocycles. The van der Waals surface area contributed by atoms with Gasteiger partial charge in [-0.2, -0.15) is 0 Å². The van der Waals surface area contributed by atoms with Crippen molar-refractivity contribution >= 4 is 35.5 Å². The van der Waals surface area contributed by atoms with Crippen molar-refractivity contribution in [3.8, 4) is 0 Å². The molecule has 0 radical (unpaired) electrons. The third kappa shape index (κ3) is 9.04. The van der Waals surface area contributed by atoms with Crippen molar-refractivity contribution in [3.63, 3.8) is 0 Å². The van der Waals surface area contributed by atoms with Crippen molar-refractivity contribution in [1.82, 2.24) is 15.5 Å². The van der Waals surface area contributed by atoms with E-state index < -0.39 is 66.1 Å². The number of nitrogens with zero attached hydrogens (tertiary/aromatic N) is 1. The molecule has 13 heteroatoms. The van der Waals surface area contributed by atoms with E-state index in [4.69, 9.17) is 17.2 Å². The summed E-state index contributed by atoms with van der Waals surface area (Å²) in [7, 11) is 0. The Morgan fingerprint density at radius 1 is 1.00 bits per heavy atom. The molecule has 0 aromatic heterocycles. The number of carbonyl (C=O) groups excluding carboxylic acids is 5. The van der Waals surface area contributed by atoms with Crippen LogP contribution in [0.4, 0.5) is 0 Å². The van der Waals surface area contributed by atoms with Crippen molar-refractivity contribution in [3.05, 3.63) is 0 Å². The van der Waals surface area contributed by atoms with Gasteiger partial charge in [0.25, 0.3) is 0 Å². The van der Waals surface area contributed by atoms with Gasteiger partial charge in [-0.1, -0.05) is 13.8 Å². The summed E-state index contributed by atoms with van der Waals surface area (Å²) >= 11 is 0. The van der Waals surface area contributed by atoms with Crippen LogP contribution in [0.5, 0.6) is 0 Å². The van der Waals surface area contributed by atoms with E-state index >= 15 is 0 Å². The highest BCUT2D eigenvalue weighted by atomic mass is 16.4. The molecule has 1 saturated heterocycles. The first-order valence-corrected chi connectivity index (χ1v) is 10.8. The number of carboxylic acids is 1. The van der Waals surface area contributed by atoms with Gasteiger partial charge >= 0.3 is 5.97 Å². The smallest absolute Gasteiger partial charge is 0.326 e. The van der Waals surface area contributed by atoms with Gasteiger partial charge in [0.15, 0.2) is 0 Å². The average molecular weight is 471 g/mol.